The normalized spacial score (nSPS) is 11.1. The number of carbonyl (C=O) groups excluding carboxylic acids is 2. The van der Waals surface area contributed by atoms with Gasteiger partial charge in [-0.25, -0.2) is 4.79 Å². The largest absolute Gasteiger partial charge is 0.507 e. The maximum atomic E-state index is 11.2. The van der Waals surface area contributed by atoms with Gasteiger partial charge >= 0.3 is 5.97 Å². The summed E-state index contributed by atoms with van der Waals surface area (Å²) in [6.07, 6.45) is 0.726. The number of ether oxygens (including phenoxy) is 1. The molecule has 0 aliphatic heterocycles. The van der Waals surface area contributed by atoms with E-state index in [4.69, 9.17) is 23.2 Å². The first-order valence-corrected chi connectivity index (χ1v) is 5.20. The summed E-state index contributed by atoms with van der Waals surface area (Å²) in [6, 6.07) is 4.55. The third-order valence-electron chi connectivity index (χ3n) is 1.88. The predicted octanol–water partition coefficient (Wildman–Crippen LogP) is 2.63. The van der Waals surface area contributed by atoms with E-state index >= 15 is 0 Å². The molecule has 90 valence electrons. The number of benzene rings is 1. The molecule has 0 radical (unpaired) electrons. The van der Waals surface area contributed by atoms with Crippen molar-refractivity contribution in [3.63, 3.8) is 0 Å². The Kier molecular flexibility index (Phi) is 4.54. The first kappa shape index (κ1) is 13.5. The third kappa shape index (κ3) is 3.22. The molecule has 0 heterocycles. The SMILES string of the molecule is COC(=O)C(=O)/C=C(\O)c1cccc(Cl)c1Cl. The zero-order valence-corrected chi connectivity index (χ0v) is 10.2. The molecular weight excluding hydrogens is 267 g/mol. The molecule has 17 heavy (non-hydrogen) atoms. The number of rotatable bonds is 3. The van der Waals surface area contributed by atoms with Crippen LogP contribution in [0.1, 0.15) is 5.56 Å². The van der Waals surface area contributed by atoms with Crippen molar-refractivity contribution in [3.05, 3.63) is 39.9 Å². The van der Waals surface area contributed by atoms with Gasteiger partial charge in [-0.15, -0.1) is 0 Å². The van der Waals surface area contributed by atoms with Gasteiger partial charge in [-0.05, 0) is 12.1 Å². The van der Waals surface area contributed by atoms with E-state index in [0.29, 0.717) is 0 Å². The van der Waals surface area contributed by atoms with Crippen molar-refractivity contribution in [3.8, 4) is 0 Å². The number of methoxy groups -OCH3 is 1. The molecule has 1 N–H and O–H groups in total. The molecular formula is C11H8Cl2O4. The fourth-order valence-corrected chi connectivity index (χ4v) is 1.46. The number of carbonyl (C=O) groups is 2. The Hall–Kier alpha value is -1.52. The lowest BCUT2D eigenvalue weighted by Gasteiger charge is -2.04. The quantitative estimate of drug-likeness (QED) is 0.398. The molecule has 0 atom stereocenters. The van der Waals surface area contributed by atoms with Crippen LogP contribution in [0.25, 0.3) is 5.76 Å². The molecule has 1 aromatic rings. The summed E-state index contributed by atoms with van der Waals surface area (Å²) in [5, 5.41) is 9.96. The van der Waals surface area contributed by atoms with Gasteiger partial charge in [-0.1, -0.05) is 29.3 Å². The summed E-state index contributed by atoms with van der Waals surface area (Å²) in [6.45, 7) is 0. The molecule has 0 fully saturated rings. The number of hydrogen-bond donors (Lipinski definition) is 1. The molecule has 4 nitrogen and oxygen atoms in total. The van der Waals surface area contributed by atoms with Gasteiger partial charge in [-0.3, -0.25) is 4.79 Å². The zero-order valence-electron chi connectivity index (χ0n) is 8.74. The van der Waals surface area contributed by atoms with Crippen molar-refractivity contribution in [1.29, 1.82) is 0 Å². The standard InChI is InChI=1S/C11H8Cl2O4/c1-17-11(16)9(15)5-8(14)6-3-2-4-7(12)10(6)13/h2-5,14H,1H3/b8-5-. The summed E-state index contributed by atoms with van der Waals surface area (Å²) < 4.78 is 4.20. The van der Waals surface area contributed by atoms with Crippen molar-refractivity contribution in [2.75, 3.05) is 7.11 Å². The first-order chi connectivity index (χ1) is 7.97. The van der Waals surface area contributed by atoms with Crippen molar-refractivity contribution < 1.29 is 19.4 Å². The average molecular weight is 275 g/mol. The minimum absolute atomic E-state index is 0.0978. The highest BCUT2D eigenvalue weighted by Crippen LogP contribution is 2.29. The zero-order chi connectivity index (χ0) is 13.0. The number of aliphatic hydroxyl groups is 1. The highest BCUT2D eigenvalue weighted by atomic mass is 35.5. The van der Waals surface area contributed by atoms with E-state index in [1.54, 1.807) is 6.07 Å². The van der Waals surface area contributed by atoms with Gasteiger partial charge in [0.15, 0.2) is 0 Å². The fourth-order valence-electron chi connectivity index (χ4n) is 1.06. The molecule has 0 unspecified atom stereocenters. The Bertz CT molecular complexity index is 494. The smallest absolute Gasteiger partial charge is 0.378 e. The first-order valence-electron chi connectivity index (χ1n) is 4.44. The Morgan fingerprint density at radius 3 is 2.59 bits per heavy atom. The minimum atomic E-state index is -1.07. The van der Waals surface area contributed by atoms with Crippen LogP contribution in [0.4, 0.5) is 0 Å². The van der Waals surface area contributed by atoms with E-state index in [0.717, 1.165) is 13.2 Å². The summed E-state index contributed by atoms with van der Waals surface area (Å²) in [5.74, 6) is -2.51. The van der Waals surface area contributed by atoms with Crippen LogP contribution >= 0.6 is 23.2 Å². The maximum absolute atomic E-state index is 11.2. The van der Waals surface area contributed by atoms with Crippen LogP contribution in [0, 0.1) is 0 Å². The number of esters is 1. The van der Waals surface area contributed by atoms with Crippen molar-refractivity contribution in [1.82, 2.24) is 0 Å². The Balaban J connectivity index is 3.08. The van der Waals surface area contributed by atoms with Crippen LogP contribution < -0.4 is 0 Å². The maximum Gasteiger partial charge on any atom is 0.378 e. The predicted molar refractivity (Wildman–Crippen MR) is 64.1 cm³/mol. The van der Waals surface area contributed by atoms with Crippen LogP contribution in [0.2, 0.25) is 10.0 Å². The van der Waals surface area contributed by atoms with Crippen LogP contribution in [0.3, 0.4) is 0 Å². The summed E-state index contributed by atoms with van der Waals surface area (Å²) in [7, 11) is 1.07. The summed E-state index contributed by atoms with van der Waals surface area (Å²) in [5.41, 5.74) is 0.163. The van der Waals surface area contributed by atoms with E-state index in [1.165, 1.54) is 12.1 Å². The van der Waals surface area contributed by atoms with Gasteiger partial charge in [-0.2, -0.15) is 0 Å². The lowest BCUT2D eigenvalue weighted by atomic mass is 10.1. The highest BCUT2D eigenvalue weighted by Gasteiger charge is 2.15. The summed E-state index contributed by atoms with van der Waals surface area (Å²) >= 11 is 11.6. The van der Waals surface area contributed by atoms with Gasteiger partial charge in [0.05, 0.1) is 17.2 Å². The van der Waals surface area contributed by atoms with Crippen LogP contribution in [-0.4, -0.2) is 24.0 Å². The number of ketones is 1. The lowest BCUT2D eigenvalue weighted by Crippen LogP contribution is -2.13. The number of halogens is 2. The lowest BCUT2D eigenvalue weighted by molar-refractivity contribution is -0.149. The molecule has 1 aromatic carbocycles. The molecule has 0 bridgehead atoms. The second kappa shape index (κ2) is 5.70. The monoisotopic (exact) mass is 274 g/mol. The summed E-state index contributed by atoms with van der Waals surface area (Å²) in [4.78, 5) is 22.0. The van der Waals surface area contributed by atoms with Crippen molar-refractivity contribution in [2.45, 2.75) is 0 Å². The van der Waals surface area contributed by atoms with Crippen molar-refractivity contribution >= 4 is 40.7 Å². The Morgan fingerprint density at radius 1 is 1.35 bits per heavy atom. The molecule has 0 saturated heterocycles. The molecule has 1 rings (SSSR count). The molecule has 0 spiro atoms. The molecule has 6 heteroatoms. The van der Waals surface area contributed by atoms with Crippen LogP contribution in [-0.2, 0) is 14.3 Å². The average Bonchev–Trinajstić information content (AvgIpc) is 2.31. The fraction of sp³-hybridized carbons (Fsp3) is 0.0909. The van der Waals surface area contributed by atoms with Crippen LogP contribution in [0.15, 0.2) is 24.3 Å². The van der Waals surface area contributed by atoms with E-state index < -0.39 is 17.5 Å². The van der Waals surface area contributed by atoms with E-state index in [1.807, 2.05) is 0 Å². The number of aliphatic hydroxyl groups excluding tert-OH is 1. The Morgan fingerprint density at radius 2 is 2.00 bits per heavy atom. The van der Waals surface area contributed by atoms with Crippen LogP contribution in [0.5, 0.6) is 0 Å². The van der Waals surface area contributed by atoms with Gasteiger partial charge in [0.25, 0.3) is 5.78 Å². The van der Waals surface area contributed by atoms with E-state index in [2.05, 4.69) is 4.74 Å². The van der Waals surface area contributed by atoms with Gasteiger partial charge in [0.2, 0.25) is 0 Å². The minimum Gasteiger partial charge on any atom is -0.507 e. The van der Waals surface area contributed by atoms with E-state index in [9.17, 15) is 14.7 Å². The Labute approximate surface area is 107 Å². The molecule has 0 aliphatic carbocycles. The molecule has 0 aliphatic rings. The van der Waals surface area contributed by atoms with Gasteiger partial charge < -0.3 is 9.84 Å². The van der Waals surface area contributed by atoms with E-state index in [-0.39, 0.29) is 15.6 Å². The molecule has 0 saturated carbocycles. The van der Waals surface area contributed by atoms with Gasteiger partial charge in [0, 0.05) is 11.6 Å². The second-order valence-electron chi connectivity index (χ2n) is 2.99. The topological polar surface area (TPSA) is 63.6 Å². The number of hydrogen-bond acceptors (Lipinski definition) is 4. The third-order valence-corrected chi connectivity index (χ3v) is 2.70. The van der Waals surface area contributed by atoms with Crippen molar-refractivity contribution in [2.24, 2.45) is 0 Å². The molecule has 0 amide bonds. The second-order valence-corrected chi connectivity index (χ2v) is 3.77. The molecule has 0 aromatic heterocycles. The van der Waals surface area contributed by atoms with Gasteiger partial charge in [0.1, 0.15) is 5.76 Å². The highest BCUT2D eigenvalue weighted by molar-refractivity contribution is 6.43.